The molecule has 2 amide bonds. The number of aromatic nitrogens is 4. The minimum Gasteiger partial charge on any atom is -0.444 e. The fourth-order valence-corrected chi connectivity index (χ4v) is 6.86. The van der Waals surface area contributed by atoms with Gasteiger partial charge in [-0.1, -0.05) is 48.5 Å². The molecule has 0 spiro atoms. The van der Waals surface area contributed by atoms with E-state index in [1.54, 1.807) is 11.1 Å². The van der Waals surface area contributed by atoms with Crippen LogP contribution in [0, 0.1) is 0 Å². The van der Waals surface area contributed by atoms with Crippen molar-refractivity contribution in [1.82, 2.24) is 29.7 Å². The van der Waals surface area contributed by atoms with Crippen molar-refractivity contribution in [3.8, 4) is 33.6 Å². The molecule has 7 rings (SSSR count). The van der Waals surface area contributed by atoms with Crippen molar-refractivity contribution < 1.29 is 23.8 Å². The molecule has 52 heavy (non-hydrogen) atoms. The van der Waals surface area contributed by atoms with E-state index in [9.17, 15) is 9.59 Å². The van der Waals surface area contributed by atoms with Crippen LogP contribution in [0.2, 0.25) is 0 Å². The standard InChI is InChI=1S/C41H48N6O5/c1-40(2,3)51-38(48)46-18-8-7-9-34(46)36-42-24-33(45-36)31-17-16-29-21-28(14-15-30(29)22-31)26-10-12-27(13-11-26)32-23-43-37(44-32)35-25-50-20-19-47(35)39(49)52-41(4,5)6/h10-17,21-24,34-35H,7-9,18-20,25H2,1-6H3,(H,42,45)(H,43,44)/t34-,35-/m0/s1. The lowest BCUT2D eigenvalue weighted by Gasteiger charge is -2.35. The number of aromatic amines is 2. The summed E-state index contributed by atoms with van der Waals surface area (Å²) in [6.07, 6.45) is 5.84. The maximum Gasteiger partial charge on any atom is 0.411 e. The first-order valence-electron chi connectivity index (χ1n) is 18.1. The van der Waals surface area contributed by atoms with Gasteiger partial charge in [-0.3, -0.25) is 9.80 Å². The molecular formula is C41H48N6O5. The number of hydrogen-bond donors (Lipinski definition) is 2. The second-order valence-electron chi connectivity index (χ2n) is 15.7. The summed E-state index contributed by atoms with van der Waals surface area (Å²) in [6, 6.07) is 20.8. The van der Waals surface area contributed by atoms with Gasteiger partial charge in [0, 0.05) is 18.7 Å². The lowest BCUT2D eigenvalue weighted by molar-refractivity contribution is -0.0349. The van der Waals surface area contributed by atoms with Gasteiger partial charge >= 0.3 is 12.2 Å². The van der Waals surface area contributed by atoms with Gasteiger partial charge in [-0.2, -0.15) is 0 Å². The van der Waals surface area contributed by atoms with Crippen molar-refractivity contribution >= 4 is 23.0 Å². The third-order valence-electron chi connectivity index (χ3n) is 9.39. The summed E-state index contributed by atoms with van der Waals surface area (Å²) in [5, 5.41) is 2.26. The number of H-pyrrole nitrogens is 2. The molecule has 2 N–H and O–H groups in total. The zero-order valence-corrected chi connectivity index (χ0v) is 30.9. The van der Waals surface area contributed by atoms with Crippen LogP contribution >= 0.6 is 0 Å². The number of amides is 2. The van der Waals surface area contributed by atoms with Crippen LogP contribution in [0.4, 0.5) is 9.59 Å². The number of morpholine rings is 1. The van der Waals surface area contributed by atoms with Crippen molar-refractivity contribution in [2.45, 2.75) is 84.1 Å². The summed E-state index contributed by atoms with van der Waals surface area (Å²) in [4.78, 5) is 45.7. The predicted octanol–water partition coefficient (Wildman–Crippen LogP) is 9.06. The minimum atomic E-state index is -0.584. The minimum absolute atomic E-state index is 0.136. The Labute approximate surface area is 304 Å². The number of benzene rings is 3. The molecule has 2 saturated heterocycles. The first-order chi connectivity index (χ1) is 24.8. The van der Waals surface area contributed by atoms with Crippen LogP contribution in [0.25, 0.3) is 44.4 Å². The van der Waals surface area contributed by atoms with Crippen molar-refractivity contribution in [3.05, 3.63) is 84.7 Å². The lowest BCUT2D eigenvalue weighted by atomic mass is 9.98. The third-order valence-corrected chi connectivity index (χ3v) is 9.39. The number of piperidine rings is 1. The Morgan fingerprint density at radius 1 is 0.673 bits per heavy atom. The van der Waals surface area contributed by atoms with E-state index in [-0.39, 0.29) is 24.3 Å². The van der Waals surface area contributed by atoms with Gasteiger partial charge in [0.15, 0.2) is 0 Å². The molecule has 3 aromatic carbocycles. The average Bonchev–Trinajstić information content (AvgIpc) is 3.81. The van der Waals surface area contributed by atoms with Crippen LogP contribution in [0.5, 0.6) is 0 Å². The van der Waals surface area contributed by atoms with Crippen molar-refractivity contribution in [3.63, 3.8) is 0 Å². The van der Waals surface area contributed by atoms with Crippen LogP contribution in [0.15, 0.2) is 73.1 Å². The van der Waals surface area contributed by atoms with Crippen molar-refractivity contribution in [2.24, 2.45) is 0 Å². The quantitative estimate of drug-likeness (QED) is 0.187. The highest BCUT2D eigenvalue weighted by Gasteiger charge is 2.35. The van der Waals surface area contributed by atoms with Crippen LogP contribution in [-0.4, -0.2) is 79.4 Å². The first-order valence-corrected chi connectivity index (χ1v) is 18.1. The molecule has 0 unspecified atom stereocenters. The van der Waals surface area contributed by atoms with Gasteiger partial charge in [0.2, 0.25) is 0 Å². The zero-order chi connectivity index (χ0) is 36.6. The van der Waals surface area contributed by atoms with E-state index in [1.807, 2.05) is 52.6 Å². The third kappa shape index (κ3) is 7.84. The van der Waals surface area contributed by atoms with E-state index in [2.05, 4.69) is 75.6 Å². The molecular weight excluding hydrogens is 656 g/mol. The van der Waals surface area contributed by atoms with E-state index >= 15 is 0 Å². The number of ether oxygens (including phenoxy) is 3. The topological polar surface area (TPSA) is 126 Å². The van der Waals surface area contributed by atoms with Gasteiger partial charge in [-0.25, -0.2) is 19.6 Å². The number of hydrogen-bond acceptors (Lipinski definition) is 7. The van der Waals surface area contributed by atoms with E-state index < -0.39 is 11.2 Å². The lowest BCUT2D eigenvalue weighted by Crippen LogP contribution is -2.46. The molecule has 2 atom stereocenters. The monoisotopic (exact) mass is 704 g/mol. The molecule has 4 heterocycles. The van der Waals surface area contributed by atoms with Crippen molar-refractivity contribution in [2.75, 3.05) is 26.3 Å². The van der Waals surface area contributed by atoms with Crippen molar-refractivity contribution in [1.29, 1.82) is 0 Å². The summed E-state index contributed by atoms with van der Waals surface area (Å²) in [5.41, 5.74) is 4.91. The Kier molecular flexibility index (Phi) is 9.56. The Morgan fingerprint density at radius 2 is 1.19 bits per heavy atom. The highest BCUT2D eigenvalue weighted by Crippen LogP contribution is 2.34. The van der Waals surface area contributed by atoms with E-state index in [0.717, 1.165) is 69.5 Å². The fraction of sp³-hybridized carbons (Fsp3) is 0.415. The van der Waals surface area contributed by atoms with Gasteiger partial charge in [-0.05, 0) is 100 Å². The maximum atomic E-state index is 13.0. The molecule has 272 valence electrons. The Balaban J connectivity index is 1.04. The molecule has 2 aromatic heterocycles. The van der Waals surface area contributed by atoms with Crippen LogP contribution < -0.4 is 0 Å². The summed E-state index contributed by atoms with van der Waals surface area (Å²) in [5.74, 6) is 1.46. The fourth-order valence-electron chi connectivity index (χ4n) is 6.86. The molecule has 2 fully saturated rings. The molecule has 0 aliphatic carbocycles. The van der Waals surface area contributed by atoms with E-state index in [1.165, 1.54) is 0 Å². The summed E-state index contributed by atoms with van der Waals surface area (Å²) in [7, 11) is 0. The maximum absolute atomic E-state index is 13.0. The average molecular weight is 705 g/mol. The zero-order valence-electron chi connectivity index (χ0n) is 30.9. The number of likely N-dealkylation sites (tertiary alicyclic amines) is 1. The molecule has 0 bridgehead atoms. The van der Waals surface area contributed by atoms with Crippen LogP contribution in [-0.2, 0) is 14.2 Å². The predicted molar refractivity (Wildman–Crippen MR) is 201 cm³/mol. The molecule has 2 aliphatic heterocycles. The van der Waals surface area contributed by atoms with Gasteiger partial charge in [0.05, 0.1) is 43.0 Å². The molecule has 2 aliphatic rings. The summed E-state index contributed by atoms with van der Waals surface area (Å²) in [6.45, 7) is 13.2. The van der Waals surface area contributed by atoms with E-state index in [4.69, 9.17) is 19.2 Å². The highest BCUT2D eigenvalue weighted by molar-refractivity contribution is 5.90. The van der Waals surface area contributed by atoms with E-state index in [0.29, 0.717) is 32.1 Å². The first kappa shape index (κ1) is 35.3. The Morgan fingerprint density at radius 3 is 1.83 bits per heavy atom. The number of nitrogens with zero attached hydrogens (tertiary/aromatic N) is 4. The Bertz CT molecular complexity index is 2050. The summed E-state index contributed by atoms with van der Waals surface area (Å²) >= 11 is 0. The van der Waals surface area contributed by atoms with Gasteiger partial charge < -0.3 is 24.2 Å². The van der Waals surface area contributed by atoms with Gasteiger partial charge in [0.25, 0.3) is 0 Å². The molecule has 0 saturated carbocycles. The molecule has 0 radical (unpaired) electrons. The molecule has 11 heteroatoms. The Hall–Kier alpha value is -5.16. The number of rotatable bonds is 5. The SMILES string of the molecule is CC(C)(C)OC(=O)N1CCCC[C@H]1c1ncc(-c2ccc3cc(-c4ccc(-c5cnc([C@@H]6COCCN6C(=O)OC(C)(C)C)[nH]5)cc4)ccc3c2)[nH]1. The second-order valence-corrected chi connectivity index (χ2v) is 15.7. The number of carbonyl (C=O) groups is 2. The number of fused-ring (bicyclic) bond motifs is 1. The summed E-state index contributed by atoms with van der Waals surface area (Å²) < 4.78 is 17.0. The number of imidazole rings is 2. The largest absolute Gasteiger partial charge is 0.444 e. The van der Waals surface area contributed by atoms with Crippen LogP contribution in [0.1, 0.15) is 84.5 Å². The number of nitrogens with one attached hydrogen (secondary N) is 2. The normalized spacial score (nSPS) is 18.4. The second kappa shape index (κ2) is 14.1. The smallest absolute Gasteiger partial charge is 0.411 e. The highest BCUT2D eigenvalue weighted by atomic mass is 16.6. The van der Waals surface area contributed by atoms with Gasteiger partial charge in [-0.15, -0.1) is 0 Å². The van der Waals surface area contributed by atoms with Crippen LogP contribution in [0.3, 0.4) is 0 Å². The number of carbonyl (C=O) groups excluding carboxylic acids is 2. The van der Waals surface area contributed by atoms with Gasteiger partial charge in [0.1, 0.15) is 28.9 Å². The molecule has 11 nitrogen and oxygen atoms in total. The molecule has 5 aromatic rings.